The van der Waals surface area contributed by atoms with Gasteiger partial charge in [-0.15, -0.1) is 12.4 Å². The summed E-state index contributed by atoms with van der Waals surface area (Å²) in [5.74, 6) is 0. The van der Waals surface area contributed by atoms with Crippen LogP contribution in [-0.4, -0.2) is 10.7 Å². The Morgan fingerprint density at radius 1 is 1.50 bits per heavy atom. The maximum Gasteiger partial charge on any atom is 0.187 e. The summed E-state index contributed by atoms with van der Waals surface area (Å²) in [6.07, 6.45) is 0. The van der Waals surface area contributed by atoms with E-state index in [0.717, 1.165) is 7.05 Å². The van der Waals surface area contributed by atoms with E-state index in [2.05, 4.69) is 23.6 Å². The van der Waals surface area contributed by atoms with Gasteiger partial charge in [0.1, 0.15) is 7.05 Å². The minimum Gasteiger partial charge on any atom is -0.595 e. The van der Waals surface area contributed by atoms with Crippen LogP contribution in [0.3, 0.4) is 0 Å². The average molecular weight is 152 g/mol. The summed E-state index contributed by atoms with van der Waals surface area (Å²) < 4.78 is -1.31. The second kappa shape index (κ2) is 2.88. The van der Waals surface area contributed by atoms with E-state index in [4.69, 9.17) is 0 Å². The maximum atomic E-state index is 9.57. The highest BCUT2D eigenvalue weighted by Gasteiger charge is 1.93. The van der Waals surface area contributed by atoms with Crippen LogP contribution in [0, 0.1) is 5.21 Å². The summed E-state index contributed by atoms with van der Waals surface area (Å²) in [6, 6.07) is 0. The Morgan fingerprint density at radius 3 is 1.50 bits per heavy atom. The van der Waals surface area contributed by atoms with Gasteiger partial charge in [-0.25, -0.2) is 0 Å². The van der Waals surface area contributed by atoms with Crippen LogP contribution in [0.1, 0.15) is 0 Å². The van der Waals surface area contributed by atoms with Gasteiger partial charge in [-0.2, -0.15) is 3.68 Å². The first kappa shape index (κ1) is 9.92. The molecule has 0 bridgehead atoms. The quantitative estimate of drug-likeness (QED) is 0.382. The SMILES string of the molecule is C[N+]([O-])(Cl)Cl.Cl. The van der Waals surface area contributed by atoms with Crippen molar-refractivity contribution in [2.45, 2.75) is 0 Å². The molecular weight excluding hydrogens is 148 g/mol. The van der Waals surface area contributed by atoms with Crippen molar-refractivity contribution in [2.75, 3.05) is 7.05 Å². The van der Waals surface area contributed by atoms with E-state index in [1.807, 2.05) is 0 Å². The van der Waals surface area contributed by atoms with Gasteiger partial charge in [0, 0.05) is 0 Å². The molecule has 0 N–H and O–H groups in total. The topological polar surface area (TPSA) is 23.1 Å². The standard InChI is InChI=1S/CH3Cl2NO.ClH/c1-4(2,3)5;/h1H3;1H. The zero-order valence-electron chi connectivity index (χ0n) is 3.02. The van der Waals surface area contributed by atoms with Crippen LogP contribution in [0.15, 0.2) is 0 Å². The number of hydroxylamine groups is 1. The van der Waals surface area contributed by atoms with E-state index in [9.17, 15) is 5.21 Å². The van der Waals surface area contributed by atoms with Crippen molar-refractivity contribution < 1.29 is 3.68 Å². The van der Waals surface area contributed by atoms with E-state index in [0.29, 0.717) is 0 Å². The molecular formula is CH4Cl3NO. The highest BCUT2D eigenvalue weighted by Crippen LogP contribution is 2.06. The van der Waals surface area contributed by atoms with Crippen molar-refractivity contribution >= 4 is 36.0 Å². The van der Waals surface area contributed by atoms with Gasteiger partial charge in [-0.1, -0.05) is 0 Å². The molecule has 0 fully saturated rings. The van der Waals surface area contributed by atoms with Crippen LogP contribution in [0.2, 0.25) is 0 Å². The number of nitrogens with zero attached hydrogens (tertiary/aromatic N) is 1. The predicted molar refractivity (Wildman–Crippen MR) is 28.5 cm³/mol. The molecule has 0 rings (SSSR count). The minimum absolute atomic E-state index is 0. The number of quaternary nitrogens is 1. The molecule has 0 saturated carbocycles. The van der Waals surface area contributed by atoms with E-state index >= 15 is 0 Å². The van der Waals surface area contributed by atoms with E-state index in [1.165, 1.54) is 0 Å². The summed E-state index contributed by atoms with van der Waals surface area (Å²) in [5, 5.41) is 9.57. The Bertz CT molecular complexity index is 26.3. The van der Waals surface area contributed by atoms with Gasteiger partial charge in [0.25, 0.3) is 0 Å². The number of hydrogen-bond donors (Lipinski definition) is 0. The Morgan fingerprint density at radius 2 is 1.50 bits per heavy atom. The summed E-state index contributed by atoms with van der Waals surface area (Å²) in [6.45, 7) is 0. The van der Waals surface area contributed by atoms with Crippen LogP contribution < -0.4 is 0 Å². The molecule has 0 amide bonds. The van der Waals surface area contributed by atoms with Gasteiger partial charge < -0.3 is 5.21 Å². The molecule has 0 radical (unpaired) electrons. The summed E-state index contributed by atoms with van der Waals surface area (Å²) in [7, 11) is 1.10. The molecule has 0 atom stereocenters. The predicted octanol–water partition coefficient (Wildman–Crippen LogP) is 1.66. The summed E-state index contributed by atoms with van der Waals surface area (Å²) >= 11 is 9.35. The van der Waals surface area contributed by atoms with Crippen molar-refractivity contribution in [3.05, 3.63) is 5.21 Å². The minimum atomic E-state index is -1.31. The Hall–Kier alpha value is 0.790. The molecule has 0 aliphatic heterocycles. The van der Waals surface area contributed by atoms with Crippen LogP contribution in [0.4, 0.5) is 0 Å². The maximum absolute atomic E-state index is 9.57. The lowest BCUT2D eigenvalue weighted by molar-refractivity contribution is -0.599. The van der Waals surface area contributed by atoms with Crippen LogP contribution in [-0.2, 0) is 0 Å². The second-order valence-corrected chi connectivity index (χ2v) is 2.19. The molecule has 0 aromatic heterocycles. The first-order valence-electron chi connectivity index (χ1n) is 0.968. The molecule has 0 saturated heterocycles. The van der Waals surface area contributed by atoms with Crippen LogP contribution in [0.25, 0.3) is 0 Å². The van der Waals surface area contributed by atoms with E-state index < -0.39 is 3.68 Å². The van der Waals surface area contributed by atoms with Crippen molar-refractivity contribution in [3.8, 4) is 0 Å². The second-order valence-electron chi connectivity index (χ2n) is 0.723. The smallest absolute Gasteiger partial charge is 0.187 e. The molecule has 0 aromatic rings. The molecule has 5 heteroatoms. The van der Waals surface area contributed by atoms with Gasteiger partial charge in [-0.3, -0.25) is 0 Å². The number of rotatable bonds is 0. The molecule has 6 heavy (non-hydrogen) atoms. The van der Waals surface area contributed by atoms with Gasteiger partial charge in [0.2, 0.25) is 0 Å². The lowest BCUT2D eigenvalue weighted by Crippen LogP contribution is -2.07. The zero-order chi connectivity index (χ0) is 4.50. The third-order valence-corrected chi connectivity index (χ3v) is 0. The third kappa shape index (κ3) is 110. The Labute approximate surface area is 52.4 Å². The highest BCUT2D eigenvalue weighted by atomic mass is 35.5. The van der Waals surface area contributed by atoms with E-state index in [1.54, 1.807) is 0 Å². The molecule has 40 valence electrons. The Kier molecular flexibility index (Phi) is 4.76. The first-order valence-corrected chi connectivity index (χ1v) is 1.64. The lowest BCUT2D eigenvalue weighted by Gasteiger charge is -2.12. The molecule has 0 heterocycles. The van der Waals surface area contributed by atoms with Crippen molar-refractivity contribution in [1.29, 1.82) is 0 Å². The fourth-order valence-corrected chi connectivity index (χ4v) is 0. The molecule has 0 aliphatic carbocycles. The fraction of sp³-hybridized carbons (Fsp3) is 1.00. The summed E-state index contributed by atoms with van der Waals surface area (Å²) in [5.41, 5.74) is 0. The molecule has 0 aliphatic rings. The number of hydrogen-bond acceptors (Lipinski definition) is 1. The number of halogens is 3. The van der Waals surface area contributed by atoms with Gasteiger partial charge in [0.05, 0.1) is 0 Å². The summed E-state index contributed by atoms with van der Waals surface area (Å²) in [4.78, 5) is 0. The fourth-order valence-electron chi connectivity index (χ4n) is 0. The Balaban J connectivity index is 0. The largest absolute Gasteiger partial charge is 0.595 e. The third-order valence-electron chi connectivity index (χ3n) is 0. The van der Waals surface area contributed by atoms with Crippen molar-refractivity contribution in [2.24, 2.45) is 0 Å². The monoisotopic (exact) mass is 151 g/mol. The molecule has 0 spiro atoms. The van der Waals surface area contributed by atoms with Crippen molar-refractivity contribution in [3.63, 3.8) is 0 Å². The van der Waals surface area contributed by atoms with E-state index in [-0.39, 0.29) is 12.4 Å². The normalized spacial score (nSPS) is 10.0. The average Bonchev–Trinajstić information content (AvgIpc) is 0.722. The van der Waals surface area contributed by atoms with Gasteiger partial charge in [0.15, 0.2) is 23.6 Å². The molecule has 0 unspecified atom stereocenters. The molecule has 0 aromatic carbocycles. The van der Waals surface area contributed by atoms with Crippen molar-refractivity contribution in [1.82, 2.24) is 0 Å². The highest BCUT2D eigenvalue weighted by molar-refractivity contribution is 6.23. The van der Waals surface area contributed by atoms with Crippen LogP contribution >= 0.6 is 36.0 Å². The zero-order valence-corrected chi connectivity index (χ0v) is 5.35. The van der Waals surface area contributed by atoms with Gasteiger partial charge in [-0.05, 0) is 0 Å². The van der Waals surface area contributed by atoms with Gasteiger partial charge >= 0.3 is 0 Å². The first-order chi connectivity index (χ1) is 2.00. The van der Waals surface area contributed by atoms with Crippen LogP contribution in [0.5, 0.6) is 0 Å². The lowest BCUT2D eigenvalue weighted by atomic mass is 11.5. The molecule has 2 nitrogen and oxygen atoms in total.